The predicted octanol–water partition coefficient (Wildman–Crippen LogP) is 1.79. The third-order valence-corrected chi connectivity index (χ3v) is 5.02. The zero-order valence-corrected chi connectivity index (χ0v) is 17.6. The van der Waals surface area contributed by atoms with Crippen LogP contribution in [-0.4, -0.2) is 55.4 Å². The molecule has 1 aliphatic rings. The summed E-state index contributed by atoms with van der Waals surface area (Å²) in [5, 5.41) is 19.6. The van der Waals surface area contributed by atoms with Crippen LogP contribution in [0.3, 0.4) is 0 Å². The van der Waals surface area contributed by atoms with Crippen LogP contribution >= 0.6 is 12.4 Å². The number of carbonyl (C=O) groups is 1. The first-order valence-corrected chi connectivity index (χ1v) is 9.72. The van der Waals surface area contributed by atoms with Gasteiger partial charge in [-0.15, -0.1) is 17.5 Å². The van der Waals surface area contributed by atoms with Crippen molar-refractivity contribution in [3.05, 3.63) is 11.4 Å². The van der Waals surface area contributed by atoms with Gasteiger partial charge in [0.25, 0.3) is 5.91 Å². The van der Waals surface area contributed by atoms with E-state index in [4.69, 9.17) is 5.73 Å². The molecular formula is C17H28ClN9O2. The van der Waals surface area contributed by atoms with Crippen LogP contribution in [0, 0.1) is 5.92 Å². The Labute approximate surface area is 175 Å². The molecular weight excluding hydrogens is 398 g/mol. The van der Waals surface area contributed by atoms with Gasteiger partial charge in [-0.05, 0) is 42.2 Å². The Bertz CT molecular complexity index is 810. The van der Waals surface area contributed by atoms with E-state index in [1.165, 1.54) is 23.9 Å². The van der Waals surface area contributed by atoms with Crippen molar-refractivity contribution in [2.45, 2.75) is 52.5 Å². The van der Waals surface area contributed by atoms with E-state index in [-0.39, 0.29) is 29.7 Å². The minimum atomic E-state index is -0.429. The van der Waals surface area contributed by atoms with Crippen LogP contribution in [-0.2, 0) is 6.54 Å². The molecule has 11 nitrogen and oxygen atoms in total. The summed E-state index contributed by atoms with van der Waals surface area (Å²) < 4.78 is 5.89. The molecule has 1 fully saturated rings. The number of anilines is 1. The van der Waals surface area contributed by atoms with Crippen LogP contribution in [0.25, 0.3) is 5.82 Å². The Morgan fingerprint density at radius 2 is 2.03 bits per heavy atom. The minimum absolute atomic E-state index is 0. The molecule has 2 aromatic rings. The van der Waals surface area contributed by atoms with E-state index in [1.54, 1.807) is 0 Å². The summed E-state index contributed by atoms with van der Waals surface area (Å²) in [5.41, 5.74) is 9.10. The molecule has 0 aliphatic heterocycles. The van der Waals surface area contributed by atoms with Gasteiger partial charge in [-0.1, -0.05) is 38.3 Å². The van der Waals surface area contributed by atoms with Crippen molar-refractivity contribution in [1.82, 2.24) is 35.6 Å². The SMILES string of the molecule is CCN(CC)Cc1nnn(-c2nonc2N)c1C(=O)N/N=C/C1CCCCC1.Cl. The number of nitrogens with two attached hydrogens (primary N) is 1. The van der Waals surface area contributed by atoms with Crippen molar-refractivity contribution in [2.75, 3.05) is 18.8 Å². The number of rotatable bonds is 8. The second kappa shape index (κ2) is 10.9. The molecule has 2 heterocycles. The van der Waals surface area contributed by atoms with Gasteiger partial charge in [0.05, 0.1) is 0 Å². The molecule has 12 heteroatoms. The highest BCUT2D eigenvalue weighted by atomic mass is 35.5. The second-order valence-electron chi connectivity index (χ2n) is 6.85. The molecule has 1 saturated carbocycles. The van der Waals surface area contributed by atoms with Crippen molar-refractivity contribution in [2.24, 2.45) is 11.0 Å². The summed E-state index contributed by atoms with van der Waals surface area (Å²) in [7, 11) is 0. The smallest absolute Gasteiger partial charge is 0.292 e. The van der Waals surface area contributed by atoms with E-state index < -0.39 is 5.91 Å². The highest BCUT2D eigenvalue weighted by molar-refractivity contribution is 5.94. The van der Waals surface area contributed by atoms with Gasteiger partial charge in [0.2, 0.25) is 11.6 Å². The molecule has 1 aliphatic carbocycles. The largest absolute Gasteiger partial charge is 0.378 e. The summed E-state index contributed by atoms with van der Waals surface area (Å²) in [5.74, 6) is 0.128. The highest BCUT2D eigenvalue weighted by Crippen LogP contribution is 2.22. The molecule has 0 spiro atoms. The van der Waals surface area contributed by atoms with Crippen molar-refractivity contribution < 1.29 is 9.42 Å². The lowest BCUT2D eigenvalue weighted by Crippen LogP contribution is -2.27. The van der Waals surface area contributed by atoms with Gasteiger partial charge in [-0.3, -0.25) is 9.69 Å². The molecule has 160 valence electrons. The van der Waals surface area contributed by atoms with Crippen molar-refractivity contribution in [1.29, 1.82) is 0 Å². The average molecular weight is 426 g/mol. The Morgan fingerprint density at radius 1 is 1.31 bits per heavy atom. The fourth-order valence-corrected chi connectivity index (χ4v) is 3.33. The van der Waals surface area contributed by atoms with E-state index in [0.29, 0.717) is 18.2 Å². The van der Waals surface area contributed by atoms with Crippen LogP contribution in [0.1, 0.15) is 62.1 Å². The number of carbonyl (C=O) groups excluding carboxylic acids is 1. The normalized spacial score (nSPS) is 15.0. The van der Waals surface area contributed by atoms with E-state index in [1.807, 2.05) is 20.1 Å². The summed E-state index contributed by atoms with van der Waals surface area (Å²) in [6.45, 7) is 6.19. The number of hydrogen-bond donors (Lipinski definition) is 2. The number of hydrogen-bond acceptors (Lipinski definition) is 9. The molecule has 3 N–H and O–H groups in total. The van der Waals surface area contributed by atoms with Gasteiger partial charge in [0.1, 0.15) is 5.69 Å². The summed E-state index contributed by atoms with van der Waals surface area (Å²) >= 11 is 0. The Balaban J connectivity index is 0.00000300. The fraction of sp³-hybridized carbons (Fsp3) is 0.647. The summed E-state index contributed by atoms with van der Waals surface area (Å²) in [6.07, 6.45) is 7.70. The summed E-state index contributed by atoms with van der Waals surface area (Å²) in [4.78, 5) is 15.0. The number of halogens is 1. The number of amides is 1. The fourth-order valence-electron chi connectivity index (χ4n) is 3.33. The molecule has 29 heavy (non-hydrogen) atoms. The van der Waals surface area contributed by atoms with E-state index in [9.17, 15) is 4.79 Å². The average Bonchev–Trinajstić information content (AvgIpc) is 3.32. The Hall–Kier alpha value is -2.53. The molecule has 3 rings (SSSR count). The van der Waals surface area contributed by atoms with E-state index >= 15 is 0 Å². The zero-order chi connectivity index (χ0) is 19.9. The maximum atomic E-state index is 12.9. The quantitative estimate of drug-likeness (QED) is 0.481. The molecule has 0 atom stereocenters. The molecule has 1 amide bonds. The van der Waals surface area contributed by atoms with Crippen LogP contribution in [0.15, 0.2) is 9.73 Å². The first-order valence-electron chi connectivity index (χ1n) is 9.72. The van der Waals surface area contributed by atoms with Gasteiger partial charge in [-0.25, -0.2) is 10.1 Å². The van der Waals surface area contributed by atoms with E-state index in [0.717, 1.165) is 25.9 Å². The standard InChI is InChI=1S/C17H27N9O2.ClH/c1-3-25(4-2)11-13-14(26(24-20-13)16-15(18)22-28-23-16)17(27)21-19-10-12-8-6-5-7-9-12;/h10,12H,3-9,11H2,1-2H3,(H2,18,22)(H,21,27);1H/b19-10+;. The van der Waals surface area contributed by atoms with Crippen LogP contribution in [0.2, 0.25) is 0 Å². The van der Waals surface area contributed by atoms with Crippen molar-refractivity contribution in [3.8, 4) is 5.82 Å². The van der Waals surface area contributed by atoms with Gasteiger partial charge in [-0.2, -0.15) is 9.78 Å². The maximum absolute atomic E-state index is 12.9. The first-order chi connectivity index (χ1) is 13.6. The van der Waals surface area contributed by atoms with Crippen LogP contribution < -0.4 is 11.2 Å². The molecule has 0 saturated heterocycles. The number of aromatic nitrogens is 5. The van der Waals surface area contributed by atoms with Gasteiger partial charge in [0.15, 0.2) is 5.69 Å². The lowest BCUT2D eigenvalue weighted by Gasteiger charge is -2.17. The number of hydrazone groups is 1. The third-order valence-electron chi connectivity index (χ3n) is 5.02. The zero-order valence-electron chi connectivity index (χ0n) is 16.7. The van der Waals surface area contributed by atoms with Gasteiger partial charge < -0.3 is 5.73 Å². The topological polar surface area (TPSA) is 140 Å². The number of nitrogens with one attached hydrogen (secondary N) is 1. The molecule has 0 unspecified atom stereocenters. The van der Waals surface area contributed by atoms with Crippen molar-refractivity contribution in [3.63, 3.8) is 0 Å². The first kappa shape index (κ1) is 22.8. The molecule has 0 aromatic carbocycles. The highest BCUT2D eigenvalue weighted by Gasteiger charge is 2.25. The second-order valence-corrected chi connectivity index (χ2v) is 6.85. The molecule has 0 bridgehead atoms. The lowest BCUT2D eigenvalue weighted by molar-refractivity contribution is 0.0944. The van der Waals surface area contributed by atoms with Gasteiger partial charge in [0, 0.05) is 12.8 Å². The maximum Gasteiger partial charge on any atom is 0.292 e. The number of nitrogens with zero attached hydrogens (tertiary/aromatic N) is 7. The Kier molecular flexibility index (Phi) is 8.52. The van der Waals surface area contributed by atoms with Crippen LogP contribution in [0.4, 0.5) is 5.82 Å². The van der Waals surface area contributed by atoms with Crippen molar-refractivity contribution >= 4 is 30.3 Å². The monoisotopic (exact) mass is 425 g/mol. The molecule has 0 radical (unpaired) electrons. The lowest BCUT2D eigenvalue weighted by atomic mass is 9.90. The number of nitrogen functional groups attached to an aromatic ring is 1. The Morgan fingerprint density at radius 3 is 2.66 bits per heavy atom. The van der Waals surface area contributed by atoms with E-state index in [2.05, 4.69) is 40.7 Å². The van der Waals surface area contributed by atoms with Crippen LogP contribution in [0.5, 0.6) is 0 Å². The molecule has 2 aromatic heterocycles. The minimum Gasteiger partial charge on any atom is -0.378 e. The summed E-state index contributed by atoms with van der Waals surface area (Å²) in [6, 6.07) is 0. The predicted molar refractivity (Wildman–Crippen MR) is 110 cm³/mol. The van der Waals surface area contributed by atoms with Gasteiger partial charge >= 0.3 is 0 Å². The third kappa shape index (κ3) is 5.51.